The molecule has 0 aromatic carbocycles. The number of rotatable bonds is 11. The van der Waals surface area contributed by atoms with E-state index in [0.29, 0.717) is 26.4 Å². The summed E-state index contributed by atoms with van der Waals surface area (Å²) in [5, 5.41) is 12.7. The van der Waals surface area contributed by atoms with E-state index in [9.17, 15) is 5.11 Å². The van der Waals surface area contributed by atoms with E-state index in [1.165, 1.54) is 0 Å². The van der Waals surface area contributed by atoms with Crippen LogP contribution in [0.1, 0.15) is 33.6 Å². The third-order valence-corrected chi connectivity index (χ3v) is 2.46. The van der Waals surface area contributed by atoms with Crippen LogP contribution in [-0.2, 0) is 9.47 Å². The second-order valence-corrected chi connectivity index (χ2v) is 4.84. The Labute approximate surface area is 111 Å². The molecule has 0 heterocycles. The molecule has 0 radical (unpaired) electrons. The number of aliphatic hydroxyl groups is 1. The first-order valence-corrected chi connectivity index (χ1v) is 6.58. The van der Waals surface area contributed by atoms with Crippen LogP contribution in [0.5, 0.6) is 0 Å². The summed E-state index contributed by atoms with van der Waals surface area (Å²) in [5.74, 6) is 2.61. The van der Waals surface area contributed by atoms with Crippen molar-refractivity contribution < 1.29 is 14.6 Å². The molecule has 2 N–H and O–H groups in total. The summed E-state index contributed by atoms with van der Waals surface area (Å²) in [5.41, 5.74) is -0.399. The number of nitrogens with one attached hydrogen (secondary N) is 1. The minimum atomic E-state index is -0.548. The SMILES string of the molecule is C#CC(C)(C)NCC(O)COCCOCCCC. The minimum absolute atomic E-state index is 0.296. The number of ether oxygens (including phenoxy) is 2. The van der Waals surface area contributed by atoms with E-state index < -0.39 is 11.6 Å². The molecule has 0 saturated carbocycles. The summed E-state index contributed by atoms with van der Waals surface area (Å²) >= 11 is 0. The van der Waals surface area contributed by atoms with Crippen molar-refractivity contribution in [1.29, 1.82) is 0 Å². The quantitative estimate of drug-likeness (QED) is 0.431. The van der Waals surface area contributed by atoms with Gasteiger partial charge >= 0.3 is 0 Å². The van der Waals surface area contributed by atoms with Crippen molar-refractivity contribution in [3.8, 4) is 12.3 Å². The highest BCUT2D eigenvalue weighted by Crippen LogP contribution is 1.98. The van der Waals surface area contributed by atoms with Gasteiger partial charge in [0.2, 0.25) is 0 Å². The third-order valence-electron chi connectivity index (χ3n) is 2.46. The van der Waals surface area contributed by atoms with Gasteiger partial charge < -0.3 is 14.6 Å². The van der Waals surface area contributed by atoms with Crippen molar-refractivity contribution in [1.82, 2.24) is 5.32 Å². The molecule has 0 aliphatic rings. The van der Waals surface area contributed by atoms with Crippen molar-refractivity contribution in [3.05, 3.63) is 0 Å². The highest BCUT2D eigenvalue weighted by molar-refractivity contribution is 5.07. The van der Waals surface area contributed by atoms with Gasteiger partial charge in [-0.3, -0.25) is 5.32 Å². The van der Waals surface area contributed by atoms with E-state index in [1.807, 2.05) is 13.8 Å². The van der Waals surface area contributed by atoms with Gasteiger partial charge in [0.15, 0.2) is 0 Å². The zero-order valence-corrected chi connectivity index (χ0v) is 11.9. The lowest BCUT2D eigenvalue weighted by Crippen LogP contribution is -2.43. The molecule has 4 nitrogen and oxygen atoms in total. The molecule has 0 aliphatic carbocycles. The fourth-order valence-corrected chi connectivity index (χ4v) is 1.17. The predicted molar refractivity (Wildman–Crippen MR) is 73.5 cm³/mol. The van der Waals surface area contributed by atoms with Crippen molar-refractivity contribution in [2.45, 2.75) is 45.3 Å². The normalized spacial score (nSPS) is 13.3. The molecule has 0 amide bonds. The second-order valence-electron chi connectivity index (χ2n) is 4.84. The van der Waals surface area contributed by atoms with Gasteiger partial charge in [-0.25, -0.2) is 0 Å². The molecule has 0 aromatic rings. The van der Waals surface area contributed by atoms with Crippen LogP contribution in [0.25, 0.3) is 0 Å². The maximum atomic E-state index is 9.65. The first-order chi connectivity index (χ1) is 8.52. The first-order valence-electron chi connectivity index (χ1n) is 6.58. The van der Waals surface area contributed by atoms with Gasteiger partial charge in [-0.1, -0.05) is 19.3 Å². The molecule has 0 aromatic heterocycles. The van der Waals surface area contributed by atoms with Gasteiger partial charge in [0.1, 0.15) is 0 Å². The van der Waals surface area contributed by atoms with Crippen LogP contribution in [0, 0.1) is 12.3 Å². The Kier molecular flexibility index (Phi) is 9.99. The zero-order valence-electron chi connectivity index (χ0n) is 11.9. The molecule has 0 aliphatic heterocycles. The monoisotopic (exact) mass is 257 g/mol. The number of β-amino-alcohol motifs (C(OH)–C–C–N with tert-alkyl or cyclic N) is 1. The van der Waals surface area contributed by atoms with Crippen LogP contribution in [-0.4, -0.2) is 49.7 Å². The summed E-state index contributed by atoms with van der Waals surface area (Å²) in [4.78, 5) is 0. The number of hydrogen-bond acceptors (Lipinski definition) is 4. The van der Waals surface area contributed by atoms with Crippen molar-refractivity contribution >= 4 is 0 Å². The molecule has 106 valence electrons. The van der Waals surface area contributed by atoms with E-state index in [1.54, 1.807) is 0 Å². The first kappa shape index (κ1) is 17.4. The van der Waals surface area contributed by atoms with Crippen LogP contribution in [0.2, 0.25) is 0 Å². The molecule has 0 fully saturated rings. The fourth-order valence-electron chi connectivity index (χ4n) is 1.17. The van der Waals surface area contributed by atoms with Gasteiger partial charge in [-0.15, -0.1) is 6.42 Å². The fraction of sp³-hybridized carbons (Fsp3) is 0.857. The number of hydrogen-bond donors (Lipinski definition) is 2. The van der Waals surface area contributed by atoms with E-state index in [2.05, 4.69) is 18.2 Å². The Morgan fingerprint density at radius 2 is 1.94 bits per heavy atom. The molecule has 0 spiro atoms. The van der Waals surface area contributed by atoms with Crippen LogP contribution in [0.3, 0.4) is 0 Å². The molecule has 0 rings (SSSR count). The van der Waals surface area contributed by atoms with Gasteiger partial charge in [0, 0.05) is 13.2 Å². The van der Waals surface area contributed by atoms with Crippen molar-refractivity contribution in [2.24, 2.45) is 0 Å². The van der Waals surface area contributed by atoms with E-state index >= 15 is 0 Å². The smallest absolute Gasteiger partial charge is 0.0898 e. The summed E-state index contributed by atoms with van der Waals surface area (Å²) in [7, 11) is 0. The van der Waals surface area contributed by atoms with Gasteiger partial charge in [0.25, 0.3) is 0 Å². The average molecular weight is 257 g/mol. The van der Waals surface area contributed by atoms with Crippen LogP contribution in [0.4, 0.5) is 0 Å². The molecule has 18 heavy (non-hydrogen) atoms. The summed E-state index contributed by atoms with van der Waals surface area (Å²) in [6, 6.07) is 0. The standard InChI is InChI=1S/C14H27NO3/c1-5-7-8-17-9-10-18-12-13(16)11-15-14(3,4)6-2/h2,13,15-16H,5,7-12H2,1,3-4H3. The number of aliphatic hydroxyl groups excluding tert-OH is 1. The Bertz CT molecular complexity index is 236. The van der Waals surface area contributed by atoms with Crippen LogP contribution >= 0.6 is 0 Å². The van der Waals surface area contributed by atoms with E-state index in [0.717, 1.165) is 19.4 Å². The maximum Gasteiger partial charge on any atom is 0.0898 e. The van der Waals surface area contributed by atoms with Gasteiger partial charge in [0.05, 0.1) is 31.5 Å². The predicted octanol–water partition coefficient (Wildman–Crippen LogP) is 1.18. The van der Waals surface area contributed by atoms with E-state index in [-0.39, 0.29) is 0 Å². The molecule has 0 bridgehead atoms. The molecule has 0 saturated heterocycles. The zero-order chi connectivity index (χ0) is 13.9. The lowest BCUT2D eigenvalue weighted by molar-refractivity contribution is 0.00283. The highest BCUT2D eigenvalue weighted by atomic mass is 16.5. The summed E-state index contributed by atoms with van der Waals surface area (Å²) in [6.45, 7) is 8.50. The van der Waals surface area contributed by atoms with Crippen molar-refractivity contribution in [3.63, 3.8) is 0 Å². The molecule has 1 unspecified atom stereocenters. The Morgan fingerprint density at radius 3 is 2.56 bits per heavy atom. The third kappa shape index (κ3) is 10.5. The Morgan fingerprint density at radius 1 is 1.28 bits per heavy atom. The van der Waals surface area contributed by atoms with Gasteiger partial charge in [-0.2, -0.15) is 0 Å². The summed E-state index contributed by atoms with van der Waals surface area (Å²) in [6.07, 6.45) is 6.99. The molecule has 1 atom stereocenters. The lowest BCUT2D eigenvalue weighted by Gasteiger charge is -2.21. The van der Waals surface area contributed by atoms with E-state index in [4.69, 9.17) is 15.9 Å². The van der Waals surface area contributed by atoms with Crippen molar-refractivity contribution in [2.75, 3.05) is 33.0 Å². The molecule has 4 heteroatoms. The Balaban J connectivity index is 3.38. The highest BCUT2D eigenvalue weighted by Gasteiger charge is 2.14. The minimum Gasteiger partial charge on any atom is -0.389 e. The molecular formula is C14H27NO3. The topological polar surface area (TPSA) is 50.7 Å². The number of unbranched alkanes of at least 4 members (excludes halogenated alkanes) is 1. The largest absolute Gasteiger partial charge is 0.389 e. The van der Waals surface area contributed by atoms with Crippen LogP contribution in [0.15, 0.2) is 0 Å². The lowest BCUT2D eigenvalue weighted by atomic mass is 10.1. The second kappa shape index (κ2) is 10.3. The maximum absolute atomic E-state index is 9.65. The molecular weight excluding hydrogens is 230 g/mol. The Hall–Kier alpha value is -0.600. The van der Waals surface area contributed by atoms with Crippen LogP contribution < -0.4 is 5.32 Å². The summed E-state index contributed by atoms with van der Waals surface area (Å²) < 4.78 is 10.6. The number of terminal acetylenes is 1. The average Bonchev–Trinajstić information content (AvgIpc) is 2.35. The van der Waals surface area contributed by atoms with Gasteiger partial charge in [-0.05, 0) is 20.3 Å².